The lowest BCUT2D eigenvalue weighted by Crippen LogP contribution is -2.46. The average Bonchev–Trinajstić information content (AvgIpc) is 2.75. The third-order valence-electron chi connectivity index (χ3n) is 3.74. The Kier molecular flexibility index (Phi) is 7.66. The largest absolute Gasteiger partial charge is 0.471 e. The molecule has 0 bridgehead atoms. The molecular weight excluding hydrogens is 419 g/mol. The molecule has 2 aromatic rings. The van der Waals surface area contributed by atoms with E-state index in [0.717, 1.165) is 12.1 Å². The number of nitrogens with zero attached hydrogens (tertiary/aromatic N) is 3. The summed E-state index contributed by atoms with van der Waals surface area (Å²) in [6.45, 7) is 0.578. The van der Waals surface area contributed by atoms with E-state index in [1.165, 1.54) is 36.7 Å². The number of alkyl halides is 3. The number of amides is 2. The summed E-state index contributed by atoms with van der Waals surface area (Å²) in [5.74, 6) is -4.25. The van der Waals surface area contributed by atoms with Gasteiger partial charge >= 0.3 is 18.1 Å². The fraction of sp³-hybridized carbons (Fsp3) is 0.211. The number of pyridine rings is 1. The van der Waals surface area contributed by atoms with E-state index >= 15 is 0 Å². The number of benzene rings is 1. The summed E-state index contributed by atoms with van der Waals surface area (Å²) in [6, 6.07) is 7.74. The second-order valence-corrected chi connectivity index (χ2v) is 5.93. The number of esters is 1. The highest BCUT2D eigenvalue weighted by Crippen LogP contribution is 2.24. The van der Waals surface area contributed by atoms with Crippen molar-refractivity contribution in [1.82, 2.24) is 10.4 Å². The molecule has 0 atom stereocenters. The molecule has 31 heavy (non-hydrogen) atoms. The van der Waals surface area contributed by atoms with Crippen molar-refractivity contribution in [3.05, 3.63) is 59.9 Å². The van der Waals surface area contributed by atoms with E-state index in [4.69, 9.17) is 10.5 Å². The first-order valence-corrected chi connectivity index (χ1v) is 8.81. The highest BCUT2D eigenvalue weighted by molar-refractivity contribution is 6.03. The van der Waals surface area contributed by atoms with E-state index in [-0.39, 0.29) is 28.6 Å². The summed E-state index contributed by atoms with van der Waals surface area (Å²) in [7, 11) is 0. The molecule has 0 aliphatic heterocycles. The molecule has 0 radical (unpaired) electrons. The van der Waals surface area contributed by atoms with Gasteiger partial charge in [-0.3, -0.25) is 19.5 Å². The molecule has 0 saturated heterocycles. The van der Waals surface area contributed by atoms with Crippen LogP contribution in [-0.2, 0) is 14.3 Å². The van der Waals surface area contributed by atoms with Crippen LogP contribution in [0.2, 0.25) is 0 Å². The van der Waals surface area contributed by atoms with Crippen molar-refractivity contribution in [3.8, 4) is 0 Å². The number of nitrogens with one attached hydrogen (secondary N) is 1. The fourth-order valence-electron chi connectivity index (χ4n) is 2.34. The maximum absolute atomic E-state index is 13.1. The second kappa shape index (κ2) is 10.2. The molecule has 0 unspecified atom stereocenters. The average molecular weight is 437 g/mol. The molecule has 0 aliphatic carbocycles. The molecular formula is C19H18F3N5O4. The van der Waals surface area contributed by atoms with E-state index in [1.807, 2.05) is 5.43 Å². The van der Waals surface area contributed by atoms with Crippen LogP contribution in [0.25, 0.3) is 0 Å². The third-order valence-corrected chi connectivity index (χ3v) is 3.74. The maximum Gasteiger partial charge on any atom is 0.471 e. The fourth-order valence-corrected chi connectivity index (χ4v) is 2.34. The third kappa shape index (κ3) is 6.52. The monoisotopic (exact) mass is 437 g/mol. The topological polar surface area (TPSA) is 127 Å². The summed E-state index contributed by atoms with van der Waals surface area (Å²) in [5.41, 5.74) is 7.70. The van der Waals surface area contributed by atoms with Gasteiger partial charge in [0.2, 0.25) is 0 Å². The van der Waals surface area contributed by atoms with Gasteiger partial charge in [0.15, 0.2) is 5.84 Å². The smallest absolute Gasteiger partial charge is 0.462 e. The van der Waals surface area contributed by atoms with Crippen molar-refractivity contribution in [3.63, 3.8) is 0 Å². The van der Waals surface area contributed by atoms with Crippen LogP contribution in [0.15, 0.2) is 53.9 Å². The first-order valence-electron chi connectivity index (χ1n) is 8.81. The predicted octanol–water partition coefficient (Wildman–Crippen LogP) is 1.59. The molecule has 1 aromatic carbocycles. The highest BCUT2D eigenvalue weighted by Gasteiger charge is 2.43. The molecule has 12 heteroatoms. The second-order valence-electron chi connectivity index (χ2n) is 5.93. The Morgan fingerprint density at radius 2 is 1.84 bits per heavy atom. The molecule has 1 heterocycles. The van der Waals surface area contributed by atoms with Crippen LogP contribution >= 0.6 is 0 Å². The van der Waals surface area contributed by atoms with Crippen molar-refractivity contribution in [2.45, 2.75) is 13.1 Å². The molecule has 3 N–H and O–H groups in total. The van der Waals surface area contributed by atoms with Crippen LogP contribution in [0.5, 0.6) is 0 Å². The highest BCUT2D eigenvalue weighted by atomic mass is 19.4. The van der Waals surface area contributed by atoms with E-state index < -0.39 is 30.5 Å². The number of hydrogen-bond acceptors (Lipinski definition) is 6. The number of hydrazone groups is 1. The number of hydrogen-bond donors (Lipinski definition) is 2. The molecule has 1 aromatic heterocycles. The predicted molar refractivity (Wildman–Crippen MR) is 104 cm³/mol. The number of amidine groups is 1. The Morgan fingerprint density at radius 1 is 1.16 bits per heavy atom. The van der Waals surface area contributed by atoms with E-state index in [9.17, 15) is 27.6 Å². The lowest BCUT2D eigenvalue weighted by atomic mass is 10.2. The number of carbonyl (C=O) groups is 3. The Balaban J connectivity index is 2.25. The van der Waals surface area contributed by atoms with E-state index in [0.29, 0.717) is 5.56 Å². The minimum Gasteiger partial charge on any atom is -0.462 e. The van der Waals surface area contributed by atoms with Crippen molar-refractivity contribution in [2.75, 3.05) is 18.1 Å². The van der Waals surface area contributed by atoms with Crippen molar-refractivity contribution >= 4 is 29.3 Å². The molecule has 164 valence electrons. The Bertz CT molecular complexity index is 980. The number of halogens is 3. The van der Waals surface area contributed by atoms with Crippen LogP contribution in [0, 0.1) is 0 Å². The van der Waals surface area contributed by atoms with Crippen molar-refractivity contribution < 1.29 is 32.3 Å². The van der Waals surface area contributed by atoms with Crippen molar-refractivity contribution in [2.24, 2.45) is 10.8 Å². The van der Waals surface area contributed by atoms with Gasteiger partial charge in [0, 0.05) is 23.6 Å². The quantitative estimate of drug-likeness (QED) is 0.293. The molecule has 0 spiro atoms. The van der Waals surface area contributed by atoms with E-state index in [1.54, 1.807) is 6.92 Å². The van der Waals surface area contributed by atoms with Gasteiger partial charge in [-0.25, -0.2) is 10.2 Å². The molecule has 2 rings (SSSR count). The maximum atomic E-state index is 13.1. The van der Waals surface area contributed by atoms with Crippen LogP contribution in [0.4, 0.5) is 18.9 Å². The number of rotatable bonds is 7. The molecule has 0 aliphatic rings. The van der Waals surface area contributed by atoms with Gasteiger partial charge < -0.3 is 10.5 Å². The van der Waals surface area contributed by atoms with Crippen LogP contribution in [0.1, 0.15) is 22.8 Å². The van der Waals surface area contributed by atoms with Gasteiger partial charge in [-0.05, 0) is 37.3 Å². The zero-order valence-electron chi connectivity index (χ0n) is 16.2. The first kappa shape index (κ1) is 23.3. The Hall–Kier alpha value is -3.96. The van der Waals surface area contributed by atoms with Gasteiger partial charge in [-0.2, -0.15) is 18.3 Å². The number of ether oxygens (including phenoxy) is 1. The van der Waals surface area contributed by atoms with Gasteiger partial charge in [0.25, 0.3) is 5.91 Å². The van der Waals surface area contributed by atoms with Gasteiger partial charge in [0.1, 0.15) is 6.54 Å². The lowest BCUT2D eigenvalue weighted by Gasteiger charge is -2.23. The zero-order chi connectivity index (χ0) is 23.0. The zero-order valence-corrected chi connectivity index (χ0v) is 16.2. The summed E-state index contributed by atoms with van der Waals surface area (Å²) in [5, 5.41) is 3.61. The van der Waals surface area contributed by atoms with E-state index in [2.05, 4.69) is 10.1 Å². The lowest BCUT2D eigenvalue weighted by molar-refractivity contribution is -0.170. The number of nitrogens with two attached hydrogens (primary N) is 1. The summed E-state index contributed by atoms with van der Waals surface area (Å²) in [4.78, 5) is 39.9. The molecule has 2 amide bonds. The molecule has 0 fully saturated rings. The van der Waals surface area contributed by atoms with Crippen molar-refractivity contribution in [1.29, 1.82) is 0 Å². The Morgan fingerprint density at radius 3 is 2.45 bits per heavy atom. The Labute approximate surface area is 174 Å². The van der Waals surface area contributed by atoms with Gasteiger partial charge in [-0.15, -0.1) is 0 Å². The molecule has 9 nitrogen and oxygen atoms in total. The van der Waals surface area contributed by atoms with Crippen LogP contribution in [0.3, 0.4) is 0 Å². The van der Waals surface area contributed by atoms with Gasteiger partial charge in [-0.1, -0.05) is 6.07 Å². The SMILES string of the molecule is CCOC(=O)c1cccc(N(CC(=O)N/N=C(\N)c2ccncc2)C(=O)C(F)(F)F)c1. The first-order chi connectivity index (χ1) is 14.6. The van der Waals surface area contributed by atoms with Crippen LogP contribution in [-0.4, -0.2) is 47.9 Å². The number of aromatic nitrogens is 1. The number of carbonyl (C=O) groups excluding carboxylic acids is 3. The normalized spacial score (nSPS) is 11.5. The standard InChI is InChI=1S/C19H18F3N5O4/c1-2-31-17(29)13-4-3-5-14(10-13)27(18(30)19(20,21)22)11-15(28)25-26-16(23)12-6-8-24-9-7-12/h3-10H,2,11H2,1H3,(H2,23,26)(H,25,28). The summed E-state index contributed by atoms with van der Waals surface area (Å²) in [6.07, 6.45) is -2.40. The summed E-state index contributed by atoms with van der Waals surface area (Å²) >= 11 is 0. The number of anilines is 1. The van der Waals surface area contributed by atoms with Gasteiger partial charge in [0.05, 0.1) is 12.2 Å². The minimum absolute atomic E-state index is 0.0492. The molecule has 0 saturated carbocycles. The minimum atomic E-state index is -5.26. The van der Waals surface area contributed by atoms with Crippen LogP contribution < -0.4 is 16.1 Å². The summed E-state index contributed by atoms with van der Waals surface area (Å²) < 4.78 is 44.0.